The number of hydrogen-bond acceptors (Lipinski definition) is 5. The Morgan fingerprint density at radius 3 is 2.62 bits per heavy atom. The van der Waals surface area contributed by atoms with Crippen molar-refractivity contribution in [3.05, 3.63) is 0 Å². The first-order chi connectivity index (χ1) is 16.2. The number of rotatable bonds is 5. The minimum Gasteiger partial charge on any atom is -0.436 e. The van der Waals surface area contributed by atoms with Crippen LogP contribution in [0.4, 0.5) is 0 Å². The van der Waals surface area contributed by atoms with Gasteiger partial charge in [-0.15, -0.1) is 0 Å². The predicted molar refractivity (Wildman–Crippen MR) is 131 cm³/mol. The van der Waals surface area contributed by atoms with Crippen LogP contribution in [0.1, 0.15) is 104 Å². The average Bonchev–Trinajstić information content (AvgIpc) is 3.18. The molecule has 4 saturated carbocycles. The van der Waals surface area contributed by atoms with Crippen LogP contribution in [-0.4, -0.2) is 41.3 Å². The van der Waals surface area contributed by atoms with Gasteiger partial charge in [0, 0.05) is 12.8 Å². The molecule has 5 heteroatoms. The third-order valence-electron chi connectivity index (χ3n) is 11.7. The van der Waals surface area contributed by atoms with E-state index >= 15 is 0 Å². The second-order valence-corrected chi connectivity index (χ2v) is 13.2. The van der Waals surface area contributed by atoms with E-state index in [9.17, 15) is 15.0 Å². The molecular formula is C29H48O5. The SMILES string of the molecule is C[C@H](CCC(=O)OC1CCCCO1)[C@H]1CC[C@H]2[C@@H]3CC[C@@H]4C[C@H](O)CC[C@]4(C)[C@H]3C[C@H](O)[C@]12C. The molecule has 5 nitrogen and oxygen atoms in total. The normalized spacial score (nSPS) is 49.4. The molecule has 0 bridgehead atoms. The third kappa shape index (κ3) is 4.26. The summed E-state index contributed by atoms with van der Waals surface area (Å²) in [7, 11) is 0. The Morgan fingerprint density at radius 1 is 1.03 bits per heavy atom. The lowest BCUT2D eigenvalue weighted by atomic mass is 9.43. The van der Waals surface area contributed by atoms with Gasteiger partial charge in [0.15, 0.2) is 0 Å². The molecule has 5 fully saturated rings. The average molecular weight is 477 g/mol. The highest BCUT2D eigenvalue weighted by molar-refractivity contribution is 5.69. The van der Waals surface area contributed by atoms with Crippen LogP contribution in [0.5, 0.6) is 0 Å². The maximum atomic E-state index is 12.5. The van der Waals surface area contributed by atoms with Crippen LogP contribution in [0.25, 0.3) is 0 Å². The molecule has 11 atom stereocenters. The second-order valence-electron chi connectivity index (χ2n) is 13.2. The summed E-state index contributed by atoms with van der Waals surface area (Å²) in [6.07, 6.45) is 12.3. The van der Waals surface area contributed by atoms with Gasteiger partial charge in [0.05, 0.1) is 18.8 Å². The van der Waals surface area contributed by atoms with Crippen molar-refractivity contribution in [1.29, 1.82) is 0 Å². The van der Waals surface area contributed by atoms with Gasteiger partial charge < -0.3 is 19.7 Å². The Hall–Kier alpha value is -0.650. The summed E-state index contributed by atoms with van der Waals surface area (Å²) in [4.78, 5) is 12.5. The fraction of sp³-hybridized carbons (Fsp3) is 0.966. The highest BCUT2D eigenvalue weighted by atomic mass is 16.7. The van der Waals surface area contributed by atoms with E-state index in [2.05, 4.69) is 20.8 Å². The molecular weight excluding hydrogens is 428 g/mol. The topological polar surface area (TPSA) is 76.0 Å². The van der Waals surface area contributed by atoms with Gasteiger partial charge in [0.1, 0.15) is 0 Å². The maximum absolute atomic E-state index is 12.5. The molecule has 1 saturated heterocycles. The zero-order valence-corrected chi connectivity index (χ0v) is 21.7. The number of hydrogen-bond donors (Lipinski definition) is 2. The Bertz CT molecular complexity index is 734. The zero-order valence-electron chi connectivity index (χ0n) is 21.7. The number of aliphatic hydroxyl groups is 2. The first-order valence-corrected chi connectivity index (χ1v) is 14.4. The minimum atomic E-state index is -0.348. The van der Waals surface area contributed by atoms with E-state index in [1.165, 1.54) is 25.7 Å². The lowest BCUT2D eigenvalue weighted by Gasteiger charge is -2.62. The van der Waals surface area contributed by atoms with Crippen molar-refractivity contribution >= 4 is 5.97 Å². The third-order valence-corrected chi connectivity index (χ3v) is 11.7. The van der Waals surface area contributed by atoms with Crippen LogP contribution in [0.3, 0.4) is 0 Å². The van der Waals surface area contributed by atoms with Gasteiger partial charge in [0.2, 0.25) is 6.29 Å². The quantitative estimate of drug-likeness (QED) is 0.515. The summed E-state index contributed by atoms with van der Waals surface area (Å²) in [5.74, 6) is 3.23. The number of carbonyl (C=O) groups excluding carboxylic acids is 1. The lowest BCUT2D eigenvalue weighted by Crippen LogP contribution is -2.58. The number of ether oxygens (including phenoxy) is 2. The monoisotopic (exact) mass is 476 g/mol. The lowest BCUT2D eigenvalue weighted by molar-refractivity contribution is -0.187. The molecule has 5 aliphatic rings. The highest BCUT2D eigenvalue weighted by Gasteiger charge is 2.63. The smallest absolute Gasteiger partial charge is 0.308 e. The maximum Gasteiger partial charge on any atom is 0.308 e. The van der Waals surface area contributed by atoms with E-state index in [1.807, 2.05) is 0 Å². The first-order valence-electron chi connectivity index (χ1n) is 14.4. The van der Waals surface area contributed by atoms with Crippen LogP contribution < -0.4 is 0 Å². The Labute approximate surface area is 206 Å². The predicted octanol–water partition coefficient (Wildman–Crippen LogP) is 5.46. The molecule has 0 aromatic heterocycles. The minimum absolute atomic E-state index is 0.0473. The Kier molecular flexibility index (Phi) is 7.11. The number of fused-ring (bicyclic) bond motifs is 5. The number of carbonyl (C=O) groups is 1. The van der Waals surface area contributed by atoms with Crippen LogP contribution in [-0.2, 0) is 14.3 Å². The summed E-state index contributed by atoms with van der Waals surface area (Å²) in [6.45, 7) is 7.84. The van der Waals surface area contributed by atoms with Crippen molar-refractivity contribution in [2.75, 3.05) is 6.61 Å². The largest absolute Gasteiger partial charge is 0.436 e. The molecule has 1 heterocycles. The fourth-order valence-corrected chi connectivity index (χ4v) is 9.72. The molecule has 2 N–H and O–H groups in total. The summed E-state index contributed by atoms with van der Waals surface area (Å²) < 4.78 is 11.1. The van der Waals surface area contributed by atoms with E-state index in [-0.39, 0.29) is 35.3 Å². The van der Waals surface area contributed by atoms with Gasteiger partial charge in [-0.05, 0) is 117 Å². The standard InChI is InChI=1S/C29H48O5/c1-18(7-12-26(32)34-27-6-4-5-15-33-27)22-10-11-23-21-9-8-19-16-20(30)13-14-28(19,2)24(21)17-25(31)29(22,23)3/h18-25,27,30-31H,4-17H2,1-3H3/t18-,19-,20-,21+,22-,23+,24+,25+,27?,28+,29-/m1/s1. The molecule has 34 heavy (non-hydrogen) atoms. The second kappa shape index (κ2) is 9.67. The summed E-state index contributed by atoms with van der Waals surface area (Å²) in [5, 5.41) is 22.0. The molecule has 0 aromatic carbocycles. The number of esters is 1. The van der Waals surface area contributed by atoms with Crippen LogP contribution >= 0.6 is 0 Å². The van der Waals surface area contributed by atoms with Gasteiger partial charge >= 0.3 is 5.97 Å². The van der Waals surface area contributed by atoms with E-state index < -0.39 is 0 Å². The van der Waals surface area contributed by atoms with E-state index in [1.54, 1.807) is 0 Å². The van der Waals surface area contributed by atoms with Gasteiger partial charge in [-0.3, -0.25) is 4.79 Å². The molecule has 0 radical (unpaired) electrons. The van der Waals surface area contributed by atoms with Crippen molar-refractivity contribution in [3.63, 3.8) is 0 Å². The highest BCUT2D eigenvalue weighted by Crippen LogP contribution is 2.68. The van der Waals surface area contributed by atoms with Crippen LogP contribution in [0.2, 0.25) is 0 Å². The molecule has 194 valence electrons. The molecule has 1 unspecified atom stereocenters. The fourth-order valence-electron chi connectivity index (χ4n) is 9.72. The van der Waals surface area contributed by atoms with Gasteiger partial charge in [-0.25, -0.2) is 0 Å². The van der Waals surface area contributed by atoms with Crippen molar-refractivity contribution in [1.82, 2.24) is 0 Å². The molecule has 4 aliphatic carbocycles. The number of aliphatic hydroxyl groups excluding tert-OH is 2. The van der Waals surface area contributed by atoms with Crippen LogP contribution in [0.15, 0.2) is 0 Å². The van der Waals surface area contributed by atoms with Gasteiger partial charge in [-0.2, -0.15) is 0 Å². The van der Waals surface area contributed by atoms with Gasteiger partial charge in [-0.1, -0.05) is 20.8 Å². The van der Waals surface area contributed by atoms with Gasteiger partial charge in [0.25, 0.3) is 0 Å². The Morgan fingerprint density at radius 2 is 1.85 bits per heavy atom. The molecule has 0 amide bonds. The molecule has 5 rings (SSSR count). The van der Waals surface area contributed by atoms with Crippen molar-refractivity contribution < 1.29 is 24.5 Å². The Balaban J connectivity index is 1.23. The van der Waals surface area contributed by atoms with E-state index in [0.717, 1.165) is 51.4 Å². The molecule has 1 aliphatic heterocycles. The zero-order chi connectivity index (χ0) is 24.1. The summed E-state index contributed by atoms with van der Waals surface area (Å²) >= 11 is 0. The molecule has 0 aromatic rings. The summed E-state index contributed by atoms with van der Waals surface area (Å²) in [6, 6.07) is 0. The van der Waals surface area contributed by atoms with E-state index in [0.29, 0.717) is 48.5 Å². The van der Waals surface area contributed by atoms with E-state index in [4.69, 9.17) is 9.47 Å². The van der Waals surface area contributed by atoms with Crippen LogP contribution in [0, 0.1) is 46.3 Å². The van der Waals surface area contributed by atoms with Crippen molar-refractivity contribution in [3.8, 4) is 0 Å². The molecule has 0 spiro atoms. The van der Waals surface area contributed by atoms with Crippen molar-refractivity contribution in [2.24, 2.45) is 46.3 Å². The first kappa shape index (κ1) is 25.0. The van der Waals surface area contributed by atoms with Crippen molar-refractivity contribution in [2.45, 2.75) is 123 Å². The summed E-state index contributed by atoms with van der Waals surface area (Å²) in [5.41, 5.74) is 0.230.